The Bertz CT molecular complexity index is 1480. The monoisotopic (exact) mass is 510 g/mol. The lowest BCUT2D eigenvalue weighted by molar-refractivity contribution is 0.900. The molecule has 0 bridgehead atoms. The molecule has 39 heavy (non-hydrogen) atoms. The number of nitrogen functional groups attached to an aromatic ring is 2. The largest absolute Gasteiger partial charge is 0.399 e. The van der Waals surface area contributed by atoms with Crippen molar-refractivity contribution >= 4 is 11.4 Å². The highest BCUT2D eigenvalue weighted by molar-refractivity contribution is 5.43. The molecule has 5 aromatic rings. The van der Waals surface area contributed by atoms with Gasteiger partial charge in [0.1, 0.15) is 0 Å². The predicted octanol–water partition coefficient (Wildman–Crippen LogP) is 8.17. The highest BCUT2D eigenvalue weighted by Crippen LogP contribution is 2.22. The number of hydrogen-bond acceptors (Lipinski definition) is 2. The normalized spacial score (nSPS) is 11.0. The second-order valence-electron chi connectivity index (χ2n) is 10.7. The maximum absolute atomic E-state index is 5.85. The van der Waals surface area contributed by atoms with E-state index < -0.39 is 0 Å². The zero-order chi connectivity index (χ0) is 27.0. The van der Waals surface area contributed by atoms with Crippen molar-refractivity contribution in [3.05, 3.63) is 165 Å². The van der Waals surface area contributed by atoms with E-state index in [1.807, 2.05) is 24.3 Å². The predicted molar refractivity (Wildman–Crippen MR) is 166 cm³/mol. The van der Waals surface area contributed by atoms with Gasteiger partial charge in [-0.3, -0.25) is 0 Å². The van der Waals surface area contributed by atoms with E-state index in [-0.39, 0.29) is 0 Å². The molecule has 0 aliphatic carbocycles. The molecule has 0 unspecified atom stereocenters. The number of anilines is 2. The molecule has 0 aromatic heterocycles. The molecule has 0 saturated heterocycles. The quantitative estimate of drug-likeness (QED) is 0.186. The first-order chi connectivity index (χ1) is 19.0. The lowest BCUT2D eigenvalue weighted by Gasteiger charge is -2.13. The molecule has 0 saturated carbocycles. The standard InChI is InChI=1S/C37H38N2/c1-2-3-34-26-33(24-31-15-20-37(39)21-16-31)12-17-35(34)25-32-10-8-29(9-11-32)22-27-4-6-28(7-5-27)23-30-13-18-36(38)19-14-30/h4-21,26H,2-3,22-25,38-39H2,1H3. The van der Waals surface area contributed by atoms with E-state index in [2.05, 4.69) is 97.9 Å². The van der Waals surface area contributed by atoms with E-state index in [9.17, 15) is 0 Å². The summed E-state index contributed by atoms with van der Waals surface area (Å²) in [7, 11) is 0. The Kier molecular flexibility index (Phi) is 8.43. The lowest BCUT2D eigenvalue weighted by atomic mass is 9.92. The Morgan fingerprint density at radius 2 is 0.718 bits per heavy atom. The van der Waals surface area contributed by atoms with E-state index in [0.29, 0.717) is 0 Å². The van der Waals surface area contributed by atoms with Crippen molar-refractivity contribution in [2.75, 3.05) is 11.5 Å². The van der Waals surface area contributed by atoms with Crippen molar-refractivity contribution < 1.29 is 0 Å². The van der Waals surface area contributed by atoms with Gasteiger partial charge >= 0.3 is 0 Å². The van der Waals surface area contributed by atoms with Crippen LogP contribution >= 0.6 is 0 Å². The molecule has 4 N–H and O–H groups in total. The molecule has 0 aliphatic rings. The minimum absolute atomic E-state index is 0.810. The summed E-state index contributed by atoms with van der Waals surface area (Å²) in [5.74, 6) is 0. The van der Waals surface area contributed by atoms with Crippen molar-refractivity contribution in [1.82, 2.24) is 0 Å². The summed E-state index contributed by atoms with van der Waals surface area (Å²) >= 11 is 0. The summed E-state index contributed by atoms with van der Waals surface area (Å²) in [6.07, 6.45) is 6.04. The van der Waals surface area contributed by atoms with Crippen LogP contribution in [0.25, 0.3) is 0 Å². The van der Waals surface area contributed by atoms with Crippen LogP contribution in [0.5, 0.6) is 0 Å². The van der Waals surface area contributed by atoms with E-state index in [1.54, 1.807) is 0 Å². The Labute approximate surface area is 233 Å². The van der Waals surface area contributed by atoms with Gasteiger partial charge in [0.2, 0.25) is 0 Å². The third kappa shape index (κ3) is 7.39. The third-order valence-electron chi connectivity index (χ3n) is 7.41. The van der Waals surface area contributed by atoms with Gasteiger partial charge in [0, 0.05) is 11.4 Å². The summed E-state index contributed by atoms with van der Waals surface area (Å²) in [4.78, 5) is 0. The maximum Gasteiger partial charge on any atom is 0.0314 e. The highest BCUT2D eigenvalue weighted by atomic mass is 14.5. The molecule has 196 valence electrons. The summed E-state index contributed by atoms with van der Waals surface area (Å²) in [5, 5.41) is 0. The smallest absolute Gasteiger partial charge is 0.0314 e. The first-order valence-corrected chi connectivity index (χ1v) is 14.0. The average molecular weight is 511 g/mol. The van der Waals surface area contributed by atoms with Crippen LogP contribution in [0.4, 0.5) is 11.4 Å². The Hall–Kier alpha value is -4.30. The van der Waals surface area contributed by atoms with E-state index >= 15 is 0 Å². The molecule has 2 nitrogen and oxygen atoms in total. The average Bonchev–Trinajstić information content (AvgIpc) is 2.95. The minimum atomic E-state index is 0.810. The molecular weight excluding hydrogens is 472 g/mol. The first-order valence-electron chi connectivity index (χ1n) is 14.0. The van der Waals surface area contributed by atoms with E-state index in [1.165, 1.54) is 50.1 Å². The van der Waals surface area contributed by atoms with Gasteiger partial charge in [-0.2, -0.15) is 0 Å². The molecule has 0 fully saturated rings. The van der Waals surface area contributed by atoms with Crippen molar-refractivity contribution in [3.8, 4) is 0 Å². The zero-order valence-corrected chi connectivity index (χ0v) is 22.9. The Morgan fingerprint density at radius 1 is 0.385 bits per heavy atom. The van der Waals surface area contributed by atoms with Crippen molar-refractivity contribution in [2.24, 2.45) is 0 Å². The van der Waals surface area contributed by atoms with Crippen molar-refractivity contribution in [2.45, 2.75) is 45.4 Å². The first kappa shape index (κ1) is 26.3. The van der Waals surface area contributed by atoms with Crippen LogP contribution in [-0.2, 0) is 32.1 Å². The molecule has 0 atom stereocenters. The van der Waals surface area contributed by atoms with Gasteiger partial charge in [0.15, 0.2) is 0 Å². The lowest BCUT2D eigenvalue weighted by Crippen LogP contribution is -1.99. The van der Waals surface area contributed by atoms with Crippen LogP contribution < -0.4 is 11.5 Å². The van der Waals surface area contributed by atoms with Gasteiger partial charge in [-0.1, -0.05) is 104 Å². The molecular formula is C37H38N2. The number of aryl methyl sites for hydroxylation is 1. The fourth-order valence-corrected chi connectivity index (χ4v) is 5.21. The SMILES string of the molecule is CCCc1cc(Cc2ccc(N)cc2)ccc1Cc1ccc(Cc2ccc(Cc3ccc(N)cc3)cc2)cc1. The summed E-state index contributed by atoms with van der Waals surface area (Å²) < 4.78 is 0. The zero-order valence-electron chi connectivity index (χ0n) is 22.9. The summed E-state index contributed by atoms with van der Waals surface area (Å²) in [6.45, 7) is 2.26. The van der Waals surface area contributed by atoms with Crippen LogP contribution in [0, 0.1) is 0 Å². The van der Waals surface area contributed by atoms with Crippen LogP contribution in [0.15, 0.2) is 115 Å². The molecule has 0 aliphatic heterocycles. The Morgan fingerprint density at radius 3 is 1.13 bits per heavy atom. The fraction of sp³-hybridized carbons (Fsp3) is 0.189. The minimum Gasteiger partial charge on any atom is -0.399 e. The van der Waals surface area contributed by atoms with Crippen LogP contribution in [0.1, 0.15) is 63.4 Å². The Balaban J connectivity index is 1.21. The topological polar surface area (TPSA) is 52.0 Å². The third-order valence-corrected chi connectivity index (χ3v) is 7.41. The summed E-state index contributed by atoms with van der Waals surface area (Å²) in [5.41, 5.74) is 25.5. The summed E-state index contributed by atoms with van der Waals surface area (Å²) in [6, 6.07) is 41.5. The van der Waals surface area contributed by atoms with Crippen LogP contribution in [0.2, 0.25) is 0 Å². The van der Waals surface area contributed by atoms with Gasteiger partial charge < -0.3 is 11.5 Å². The number of benzene rings is 5. The maximum atomic E-state index is 5.85. The number of hydrogen-bond donors (Lipinski definition) is 2. The molecule has 5 rings (SSSR count). The van der Waals surface area contributed by atoms with Gasteiger partial charge in [-0.15, -0.1) is 0 Å². The van der Waals surface area contributed by atoms with Crippen molar-refractivity contribution in [1.29, 1.82) is 0 Å². The second-order valence-corrected chi connectivity index (χ2v) is 10.7. The fourth-order valence-electron chi connectivity index (χ4n) is 5.21. The van der Waals surface area contributed by atoms with Gasteiger partial charge in [0.05, 0.1) is 0 Å². The molecule has 2 heteroatoms. The van der Waals surface area contributed by atoms with Gasteiger partial charge in [0.25, 0.3) is 0 Å². The molecule has 0 radical (unpaired) electrons. The van der Waals surface area contributed by atoms with Gasteiger partial charge in [-0.25, -0.2) is 0 Å². The van der Waals surface area contributed by atoms with Crippen LogP contribution in [0.3, 0.4) is 0 Å². The molecule has 0 amide bonds. The second kappa shape index (κ2) is 12.5. The number of nitrogens with two attached hydrogens (primary N) is 2. The molecule has 0 heterocycles. The van der Waals surface area contributed by atoms with E-state index in [0.717, 1.165) is 49.9 Å². The van der Waals surface area contributed by atoms with Crippen molar-refractivity contribution in [3.63, 3.8) is 0 Å². The van der Waals surface area contributed by atoms with E-state index in [4.69, 9.17) is 11.5 Å². The molecule has 5 aromatic carbocycles. The van der Waals surface area contributed by atoms with Crippen LogP contribution in [-0.4, -0.2) is 0 Å². The number of rotatable bonds is 10. The highest BCUT2D eigenvalue weighted by Gasteiger charge is 2.07. The molecule has 0 spiro atoms. The van der Waals surface area contributed by atoms with Gasteiger partial charge in [-0.05, 0) is 106 Å².